The van der Waals surface area contributed by atoms with Crippen LogP contribution in [0, 0.1) is 0 Å². The average Bonchev–Trinajstić information content (AvgIpc) is 3.07. The molecule has 5 nitrogen and oxygen atoms in total. The van der Waals surface area contributed by atoms with Gasteiger partial charge < -0.3 is 4.52 Å². The van der Waals surface area contributed by atoms with Crippen molar-refractivity contribution < 1.29 is 17.7 Å². The van der Waals surface area contributed by atoms with Crippen LogP contribution in [0.1, 0.15) is 22.9 Å². The molecule has 0 amide bonds. The van der Waals surface area contributed by atoms with E-state index in [4.69, 9.17) is 4.52 Å². The number of alkyl halides is 3. The predicted molar refractivity (Wildman–Crippen MR) is 87.0 cm³/mol. The van der Waals surface area contributed by atoms with Crippen molar-refractivity contribution in [1.82, 2.24) is 20.0 Å². The summed E-state index contributed by atoms with van der Waals surface area (Å²) in [6, 6.07) is 9.07. The van der Waals surface area contributed by atoms with Crippen LogP contribution >= 0.6 is 0 Å². The number of hydrogen-bond donors (Lipinski definition) is 0. The van der Waals surface area contributed by atoms with E-state index in [0.29, 0.717) is 36.9 Å². The third kappa shape index (κ3) is 3.45. The van der Waals surface area contributed by atoms with Crippen molar-refractivity contribution in [1.29, 1.82) is 0 Å². The third-order valence-corrected chi connectivity index (χ3v) is 4.33. The summed E-state index contributed by atoms with van der Waals surface area (Å²) >= 11 is 0. The highest BCUT2D eigenvalue weighted by molar-refractivity contribution is 5.51. The van der Waals surface area contributed by atoms with Gasteiger partial charge in [-0.2, -0.15) is 18.2 Å². The maximum absolute atomic E-state index is 12.8. The zero-order valence-corrected chi connectivity index (χ0v) is 13.6. The molecule has 3 heterocycles. The molecule has 26 heavy (non-hydrogen) atoms. The van der Waals surface area contributed by atoms with E-state index in [1.807, 2.05) is 11.0 Å². The van der Waals surface area contributed by atoms with Crippen LogP contribution in [-0.4, -0.2) is 33.1 Å². The SMILES string of the molecule is FC(F)(F)c1cccc(CN2CC(c3nc(-c4cccnc4)no3)C2)c1. The number of aromatic nitrogens is 3. The summed E-state index contributed by atoms with van der Waals surface area (Å²) in [6.45, 7) is 1.81. The largest absolute Gasteiger partial charge is 0.416 e. The van der Waals surface area contributed by atoms with Gasteiger partial charge in [0.25, 0.3) is 0 Å². The van der Waals surface area contributed by atoms with Gasteiger partial charge >= 0.3 is 6.18 Å². The maximum Gasteiger partial charge on any atom is 0.416 e. The Hall–Kier alpha value is -2.74. The number of benzene rings is 1. The highest BCUT2D eigenvalue weighted by atomic mass is 19.4. The molecular formula is C18H15F3N4O. The van der Waals surface area contributed by atoms with E-state index in [2.05, 4.69) is 15.1 Å². The lowest BCUT2D eigenvalue weighted by Crippen LogP contribution is -2.44. The van der Waals surface area contributed by atoms with Gasteiger partial charge in [-0.05, 0) is 23.8 Å². The minimum absolute atomic E-state index is 0.0960. The van der Waals surface area contributed by atoms with Gasteiger partial charge in [-0.15, -0.1) is 0 Å². The van der Waals surface area contributed by atoms with Crippen molar-refractivity contribution in [3.8, 4) is 11.4 Å². The lowest BCUT2D eigenvalue weighted by Gasteiger charge is -2.37. The van der Waals surface area contributed by atoms with Crippen LogP contribution in [0.3, 0.4) is 0 Å². The molecule has 0 radical (unpaired) electrons. The highest BCUT2D eigenvalue weighted by Gasteiger charge is 2.34. The van der Waals surface area contributed by atoms with Crippen LogP contribution in [0.15, 0.2) is 53.3 Å². The molecule has 134 valence electrons. The first-order chi connectivity index (χ1) is 12.5. The fourth-order valence-corrected chi connectivity index (χ4v) is 2.97. The maximum atomic E-state index is 12.8. The molecule has 0 aliphatic carbocycles. The topological polar surface area (TPSA) is 55.1 Å². The Balaban J connectivity index is 1.37. The van der Waals surface area contributed by atoms with E-state index in [1.54, 1.807) is 24.5 Å². The number of halogens is 3. The van der Waals surface area contributed by atoms with Gasteiger partial charge in [-0.3, -0.25) is 9.88 Å². The molecule has 0 unspecified atom stereocenters. The number of nitrogens with zero attached hydrogens (tertiary/aromatic N) is 4. The smallest absolute Gasteiger partial charge is 0.339 e. The van der Waals surface area contributed by atoms with Crippen LogP contribution in [0.5, 0.6) is 0 Å². The molecule has 0 spiro atoms. The molecule has 2 aromatic heterocycles. The van der Waals surface area contributed by atoms with Crippen molar-refractivity contribution in [2.24, 2.45) is 0 Å². The van der Waals surface area contributed by atoms with Crippen molar-refractivity contribution in [3.63, 3.8) is 0 Å². The van der Waals surface area contributed by atoms with E-state index in [-0.39, 0.29) is 5.92 Å². The summed E-state index contributed by atoms with van der Waals surface area (Å²) in [7, 11) is 0. The van der Waals surface area contributed by atoms with Crippen LogP contribution < -0.4 is 0 Å². The number of pyridine rings is 1. The highest BCUT2D eigenvalue weighted by Crippen LogP contribution is 2.32. The van der Waals surface area contributed by atoms with E-state index in [9.17, 15) is 13.2 Å². The fraction of sp³-hybridized carbons (Fsp3) is 0.278. The Labute approximate surface area is 147 Å². The minimum Gasteiger partial charge on any atom is -0.339 e. The fourth-order valence-electron chi connectivity index (χ4n) is 2.97. The van der Waals surface area contributed by atoms with E-state index < -0.39 is 11.7 Å². The molecule has 0 atom stereocenters. The van der Waals surface area contributed by atoms with E-state index in [0.717, 1.165) is 11.6 Å². The van der Waals surface area contributed by atoms with Gasteiger partial charge in [-0.25, -0.2) is 0 Å². The average molecular weight is 360 g/mol. The van der Waals surface area contributed by atoms with Crippen LogP contribution in [0.2, 0.25) is 0 Å². The first-order valence-electron chi connectivity index (χ1n) is 8.11. The van der Waals surface area contributed by atoms with Crippen molar-refractivity contribution in [2.45, 2.75) is 18.6 Å². The molecule has 1 saturated heterocycles. The number of likely N-dealkylation sites (tertiary alicyclic amines) is 1. The zero-order chi connectivity index (χ0) is 18.1. The van der Waals surface area contributed by atoms with Crippen LogP contribution in [-0.2, 0) is 12.7 Å². The molecule has 3 aromatic rings. The second kappa shape index (κ2) is 6.53. The second-order valence-electron chi connectivity index (χ2n) is 6.29. The summed E-state index contributed by atoms with van der Waals surface area (Å²) in [5.74, 6) is 1.13. The summed E-state index contributed by atoms with van der Waals surface area (Å²) < 4.78 is 43.7. The number of hydrogen-bond acceptors (Lipinski definition) is 5. The Bertz CT molecular complexity index is 889. The van der Waals surface area contributed by atoms with Crippen molar-refractivity contribution in [2.75, 3.05) is 13.1 Å². The zero-order valence-electron chi connectivity index (χ0n) is 13.6. The van der Waals surface area contributed by atoms with Crippen LogP contribution in [0.4, 0.5) is 13.2 Å². The Morgan fingerprint density at radius 1 is 1.15 bits per heavy atom. The van der Waals surface area contributed by atoms with Gasteiger partial charge in [0, 0.05) is 37.6 Å². The molecule has 0 bridgehead atoms. The minimum atomic E-state index is -4.32. The normalized spacial score (nSPS) is 15.8. The second-order valence-corrected chi connectivity index (χ2v) is 6.29. The van der Waals surface area contributed by atoms with E-state index >= 15 is 0 Å². The van der Waals surface area contributed by atoms with Gasteiger partial charge in [0.2, 0.25) is 11.7 Å². The van der Waals surface area contributed by atoms with Gasteiger partial charge in [-0.1, -0.05) is 23.4 Å². The summed E-state index contributed by atoms with van der Waals surface area (Å²) in [6.07, 6.45) is -0.989. The van der Waals surface area contributed by atoms with Gasteiger partial charge in [0.15, 0.2) is 0 Å². The Morgan fingerprint density at radius 3 is 2.73 bits per heavy atom. The first kappa shape index (κ1) is 16.7. The molecule has 1 fully saturated rings. The molecule has 0 N–H and O–H groups in total. The standard InChI is InChI=1S/C18H15F3N4O/c19-18(20,21)15-5-1-3-12(7-15)9-25-10-14(11-25)17-23-16(24-26-17)13-4-2-6-22-8-13/h1-8,14H,9-11H2. The summed E-state index contributed by atoms with van der Waals surface area (Å²) in [5.41, 5.74) is 0.799. The Kier molecular flexibility index (Phi) is 4.20. The third-order valence-electron chi connectivity index (χ3n) is 4.33. The van der Waals surface area contributed by atoms with E-state index in [1.165, 1.54) is 12.1 Å². The lowest BCUT2D eigenvalue weighted by molar-refractivity contribution is -0.137. The molecule has 0 saturated carbocycles. The molecule has 1 aliphatic heterocycles. The molecule has 1 aliphatic rings. The van der Waals surface area contributed by atoms with Gasteiger partial charge in [0.05, 0.1) is 11.5 Å². The molecule has 4 rings (SSSR count). The monoisotopic (exact) mass is 360 g/mol. The van der Waals surface area contributed by atoms with Gasteiger partial charge in [0.1, 0.15) is 0 Å². The summed E-state index contributed by atoms with van der Waals surface area (Å²) in [5, 5.41) is 3.97. The Morgan fingerprint density at radius 2 is 2.00 bits per heavy atom. The van der Waals surface area contributed by atoms with Crippen molar-refractivity contribution in [3.05, 3.63) is 65.8 Å². The summed E-state index contributed by atoms with van der Waals surface area (Å²) in [4.78, 5) is 10.5. The molecular weight excluding hydrogens is 345 g/mol. The quantitative estimate of drug-likeness (QED) is 0.709. The molecule has 8 heteroatoms. The lowest BCUT2D eigenvalue weighted by atomic mass is 9.98. The van der Waals surface area contributed by atoms with Crippen LogP contribution in [0.25, 0.3) is 11.4 Å². The number of rotatable bonds is 4. The first-order valence-corrected chi connectivity index (χ1v) is 8.11. The predicted octanol–water partition coefficient (Wildman–Crippen LogP) is 3.75. The molecule has 1 aromatic carbocycles. The van der Waals surface area contributed by atoms with Crippen molar-refractivity contribution >= 4 is 0 Å².